The maximum atomic E-state index is 11.6. The van der Waals surface area contributed by atoms with Gasteiger partial charge in [0.15, 0.2) is 0 Å². The molecule has 0 saturated carbocycles. The molecule has 0 amide bonds. The predicted octanol–water partition coefficient (Wildman–Crippen LogP) is 4.49. The maximum absolute atomic E-state index is 11.6. The lowest BCUT2D eigenvalue weighted by Crippen LogP contribution is -2.30. The van der Waals surface area contributed by atoms with Crippen molar-refractivity contribution in [3.63, 3.8) is 0 Å². The second kappa shape index (κ2) is 6.33. The van der Waals surface area contributed by atoms with Crippen LogP contribution in [0.1, 0.15) is 25.0 Å². The van der Waals surface area contributed by atoms with Gasteiger partial charge in [0.2, 0.25) is 0 Å². The third-order valence-corrected chi connectivity index (χ3v) is 3.96. The van der Waals surface area contributed by atoms with E-state index in [0.29, 0.717) is 0 Å². The second-order valence-electron chi connectivity index (χ2n) is 5.33. The summed E-state index contributed by atoms with van der Waals surface area (Å²) in [6, 6.07) is 20.1. The number of benzene rings is 2. The molecule has 0 bridgehead atoms. The average Bonchev–Trinajstić information content (AvgIpc) is 2.53. The fourth-order valence-electron chi connectivity index (χ4n) is 2.26. The highest BCUT2D eigenvalue weighted by atomic mass is 16.1. The first-order valence-corrected chi connectivity index (χ1v) is 6.92. The lowest BCUT2D eigenvalue weighted by Gasteiger charge is -2.28. The smallest absolute Gasteiger partial charge is 0.130 e. The summed E-state index contributed by atoms with van der Waals surface area (Å²) in [6.45, 7) is 4.08. The molecule has 0 spiro atoms. The van der Waals surface area contributed by atoms with E-state index < -0.39 is 5.41 Å². The van der Waals surface area contributed by atoms with Crippen molar-refractivity contribution in [3.8, 4) is 0 Å². The standard InChI is InChI=1S/C19H20O/c1-16(13-14-17-9-5-3-6-10-17)19(2,15-20)18-11-7-4-8-12-18/h3-16H,1-2H3/b14-13+/t16?,19-/m0/s1. The van der Waals surface area contributed by atoms with Crippen LogP contribution in [0.3, 0.4) is 0 Å². The summed E-state index contributed by atoms with van der Waals surface area (Å²) in [5.74, 6) is 0.127. The molecule has 20 heavy (non-hydrogen) atoms. The largest absolute Gasteiger partial charge is 0.302 e. The van der Waals surface area contributed by atoms with Crippen molar-refractivity contribution in [2.24, 2.45) is 5.92 Å². The molecule has 1 nitrogen and oxygen atoms in total. The van der Waals surface area contributed by atoms with Crippen LogP contribution in [0.15, 0.2) is 66.7 Å². The van der Waals surface area contributed by atoms with Gasteiger partial charge in [-0.1, -0.05) is 79.7 Å². The van der Waals surface area contributed by atoms with Gasteiger partial charge in [0, 0.05) is 0 Å². The molecule has 2 aromatic carbocycles. The highest BCUT2D eigenvalue weighted by Gasteiger charge is 2.31. The van der Waals surface area contributed by atoms with Gasteiger partial charge in [-0.05, 0) is 24.0 Å². The molecule has 1 heteroatoms. The monoisotopic (exact) mass is 264 g/mol. The Balaban J connectivity index is 2.24. The molecule has 0 heterocycles. The predicted molar refractivity (Wildman–Crippen MR) is 84.5 cm³/mol. The van der Waals surface area contributed by atoms with E-state index in [1.54, 1.807) is 0 Å². The number of carbonyl (C=O) groups excluding carboxylic acids is 1. The summed E-state index contributed by atoms with van der Waals surface area (Å²) in [7, 11) is 0. The molecular weight excluding hydrogens is 244 g/mol. The average molecular weight is 264 g/mol. The Morgan fingerprint density at radius 3 is 2.05 bits per heavy atom. The van der Waals surface area contributed by atoms with Crippen LogP contribution in [0.2, 0.25) is 0 Å². The molecule has 102 valence electrons. The Hall–Kier alpha value is -2.15. The second-order valence-corrected chi connectivity index (χ2v) is 5.33. The van der Waals surface area contributed by atoms with Crippen molar-refractivity contribution in [1.29, 1.82) is 0 Å². The summed E-state index contributed by atoms with van der Waals surface area (Å²) >= 11 is 0. The van der Waals surface area contributed by atoms with Crippen LogP contribution in [0.4, 0.5) is 0 Å². The fourth-order valence-corrected chi connectivity index (χ4v) is 2.26. The van der Waals surface area contributed by atoms with Crippen LogP contribution in [0, 0.1) is 5.92 Å². The van der Waals surface area contributed by atoms with E-state index in [1.165, 1.54) is 0 Å². The number of hydrogen-bond acceptors (Lipinski definition) is 1. The molecule has 2 aromatic rings. The normalized spacial score (nSPS) is 15.7. The molecule has 0 aromatic heterocycles. The van der Waals surface area contributed by atoms with Crippen molar-refractivity contribution in [2.45, 2.75) is 19.3 Å². The lowest BCUT2D eigenvalue weighted by molar-refractivity contribution is -0.113. The lowest BCUT2D eigenvalue weighted by atomic mass is 9.73. The van der Waals surface area contributed by atoms with Crippen LogP contribution < -0.4 is 0 Å². The maximum Gasteiger partial charge on any atom is 0.130 e. The zero-order chi connectivity index (χ0) is 14.4. The van der Waals surface area contributed by atoms with Crippen molar-refractivity contribution in [3.05, 3.63) is 77.9 Å². The summed E-state index contributed by atoms with van der Waals surface area (Å²) in [5, 5.41) is 0. The Labute approximate surface area is 121 Å². The van der Waals surface area contributed by atoms with Gasteiger partial charge in [0.1, 0.15) is 6.29 Å². The quantitative estimate of drug-likeness (QED) is 0.727. The van der Waals surface area contributed by atoms with Gasteiger partial charge in [-0.3, -0.25) is 0 Å². The minimum atomic E-state index is -0.494. The summed E-state index contributed by atoms with van der Waals surface area (Å²) < 4.78 is 0. The van der Waals surface area contributed by atoms with Gasteiger partial charge in [-0.15, -0.1) is 0 Å². The molecule has 0 radical (unpaired) electrons. The van der Waals surface area contributed by atoms with Crippen LogP contribution in [0.25, 0.3) is 6.08 Å². The van der Waals surface area contributed by atoms with Crippen LogP contribution in [0.5, 0.6) is 0 Å². The van der Waals surface area contributed by atoms with E-state index in [0.717, 1.165) is 17.4 Å². The van der Waals surface area contributed by atoms with E-state index >= 15 is 0 Å². The van der Waals surface area contributed by atoms with Crippen LogP contribution >= 0.6 is 0 Å². The zero-order valence-corrected chi connectivity index (χ0v) is 12.0. The molecule has 2 rings (SSSR count). The molecule has 0 saturated heterocycles. The van der Waals surface area contributed by atoms with Gasteiger partial charge in [0.25, 0.3) is 0 Å². The molecule has 1 unspecified atom stereocenters. The number of rotatable bonds is 5. The van der Waals surface area contributed by atoms with Gasteiger partial charge in [-0.25, -0.2) is 0 Å². The number of carbonyl (C=O) groups is 1. The van der Waals surface area contributed by atoms with E-state index in [-0.39, 0.29) is 5.92 Å². The van der Waals surface area contributed by atoms with Crippen LogP contribution in [-0.4, -0.2) is 6.29 Å². The minimum Gasteiger partial charge on any atom is -0.302 e. The highest BCUT2D eigenvalue weighted by molar-refractivity contribution is 5.69. The first-order valence-electron chi connectivity index (χ1n) is 6.92. The third kappa shape index (κ3) is 3.05. The van der Waals surface area contributed by atoms with Gasteiger partial charge in [-0.2, -0.15) is 0 Å². The van der Waals surface area contributed by atoms with E-state index in [4.69, 9.17) is 0 Å². The van der Waals surface area contributed by atoms with E-state index in [9.17, 15) is 4.79 Å². The third-order valence-electron chi connectivity index (χ3n) is 3.96. The molecule has 0 N–H and O–H groups in total. The van der Waals surface area contributed by atoms with Crippen molar-refractivity contribution in [2.75, 3.05) is 0 Å². The van der Waals surface area contributed by atoms with E-state index in [1.807, 2.05) is 55.5 Å². The summed E-state index contributed by atoms with van der Waals surface area (Å²) in [6.07, 6.45) is 5.24. The Kier molecular flexibility index (Phi) is 4.52. The highest BCUT2D eigenvalue weighted by Crippen LogP contribution is 2.31. The van der Waals surface area contributed by atoms with E-state index in [2.05, 4.69) is 31.2 Å². The molecule has 0 fully saturated rings. The van der Waals surface area contributed by atoms with Crippen molar-refractivity contribution < 1.29 is 4.79 Å². The first-order chi connectivity index (χ1) is 9.66. The molecule has 0 aliphatic carbocycles. The first kappa shape index (κ1) is 14.3. The number of allylic oxidation sites excluding steroid dienone is 1. The summed E-state index contributed by atoms with van der Waals surface area (Å²) in [4.78, 5) is 11.6. The Bertz CT molecular complexity index is 571. The molecule has 0 aliphatic heterocycles. The SMILES string of the molecule is CC(/C=C/c1ccccc1)[C@](C)(C=O)c1ccccc1. The molecular formula is C19H20O. The Morgan fingerprint density at radius 1 is 0.950 bits per heavy atom. The fraction of sp³-hybridized carbons (Fsp3) is 0.211. The van der Waals surface area contributed by atoms with Gasteiger partial charge < -0.3 is 4.79 Å². The van der Waals surface area contributed by atoms with Gasteiger partial charge in [0.05, 0.1) is 5.41 Å². The van der Waals surface area contributed by atoms with Crippen molar-refractivity contribution >= 4 is 12.4 Å². The zero-order valence-electron chi connectivity index (χ0n) is 12.0. The van der Waals surface area contributed by atoms with Crippen molar-refractivity contribution in [1.82, 2.24) is 0 Å². The molecule has 0 aliphatic rings. The topological polar surface area (TPSA) is 17.1 Å². The Morgan fingerprint density at radius 2 is 1.50 bits per heavy atom. The number of hydrogen-bond donors (Lipinski definition) is 0. The van der Waals surface area contributed by atoms with Gasteiger partial charge >= 0.3 is 0 Å². The minimum absolute atomic E-state index is 0.127. The molecule has 2 atom stereocenters. The summed E-state index contributed by atoms with van der Waals surface area (Å²) in [5.41, 5.74) is 1.72. The number of aldehydes is 1. The van der Waals surface area contributed by atoms with Crippen LogP contribution in [-0.2, 0) is 10.2 Å².